The fourth-order valence-electron chi connectivity index (χ4n) is 3.50. The van der Waals surface area contributed by atoms with E-state index in [1.54, 1.807) is 12.1 Å². The van der Waals surface area contributed by atoms with E-state index in [4.69, 9.17) is 9.47 Å². The second-order valence-corrected chi connectivity index (χ2v) is 6.72. The van der Waals surface area contributed by atoms with E-state index in [0.717, 1.165) is 44.8 Å². The summed E-state index contributed by atoms with van der Waals surface area (Å²) in [5, 5.41) is 4.43. The van der Waals surface area contributed by atoms with E-state index in [1.165, 1.54) is 17.7 Å². The minimum absolute atomic E-state index is 0.109. The van der Waals surface area contributed by atoms with Crippen molar-refractivity contribution in [1.29, 1.82) is 0 Å². The topological polar surface area (TPSA) is 39.5 Å². The number of aromatic nitrogens is 2. The lowest BCUT2D eigenvalue weighted by molar-refractivity contribution is -0.111. The Balaban J connectivity index is 1.37. The molecule has 2 aromatic rings. The van der Waals surface area contributed by atoms with Crippen molar-refractivity contribution in [2.24, 2.45) is 0 Å². The van der Waals surface area contributed by atoms with Crippen molar-refractivity contribution in [1.82, 2.24) is 14.7 Å². The zero-order chi connectivity index (χ0) is 16.4. The molecule has 1 aromatic carbocycles. The second kappa shape index (κ2) is 6.63. The smallest absolute Gasteiger partial charge is 0.123 e. The summed E-state index contributed by atoms with van der Waals surface area (Å²) in [5.74, 6) is -0.211. The molecule has 0 bridgehead atoms. The normalized spacial score (nSPS) is 24.7. The zero-order valence-electron chi connectivity index (χ0n) is 13.7. The molecule has 0 saturated carbocycles. The highest BCUT2D eigenvalue weighted by atomic mass is 19.1. The van der Waals surface area contributed by atoms with Gasteiger partial charge in [-0.3, -0.25) is 9.58 Å². The first kappa shape index (κ1) is 15.7. The molecule has 128 valence electrons. The standard InChI is InChI=1S/C18H22FN3O2/c19-17-3-1-15(2-4-17)11-22-12-16(9-20-22)10-21-6-8-24-18(13-21)5-7-23-14-18/h1-4,9,12H,5-8,10-11,13-14H2/t18-/m1/s1. The molecule has 2 saturated heterocycles. The van der Waals surface area contributed by atoms with E-state index in [2.05, 4.69) is 16.2 Å². The van der Waals surface area contributed by atoms with Crippen LogP contribution in [0.4, 0.5) is 4.39 Å². The number of halogens is 1. The zero-order valence-corrected chi connectivity index (χ0v) is 13.7. The monoisotopic (exact) mass is 331 g/mol. The third-order valence-corrected chi connectivity index (χ3v) is 4.75. The average molecular weight is 331 g/mol. The molecule has 1 atom stereocenters. The first-order valence-electron chi connectivity index (χ1n) is 8.41. The second-order valence-electron chi connectivity index (χ2n) is 6.72. The van der Waals surface area contributed by atoms with Crippen LogP contribution in [0.1, 0.15) is 17.5 Å². The molecule has 5 nitrogen and oxygen atoms in total. The van der Waals surface area contributed by atoms with Gasteiger partial charge >= 0.3 is 0 Å². The Kier molecular flexibility index (Phi) is 4.35. The van der Waals surface area contributed by atoms with Crippen LogP contribution in [0.15, 0.2) is 36.7 Å². The molecule has 2 aliphatic rings. The maximum absolute atomic E-state index is 13.0. The lowest BCUT2D eigenvalue weighted by Gasteiger charge is -2.39. The predicted octanol–water partition coefficient (Wildman–Crippen LogP) is 2.06. The van der Waals surface area contributed by atoms with Gasteiger partial charge in [-0.1, -0.05) is 12.1 Å². The molecule has 1 spiro atoms. The van der Waals surface area contributed by atoms with E-state index < -0.39 is 0 Å². The van der Waals surface area contributed by atoms with Gasteiger partial charge in [0.15, 0.2) is 0 Å². The number of nitrogens with zero attached hydrogens (tertiary/aromatic N) is 3. The van der Waals surface area contributed by atoms with Crippen molar-refractivity contribution >= 4 is 0 Å². The maximum atomic E-state index is 13.0. The van der Waals surface area contributed by atoms with Crippen LogP contribution in [0.25, 0.3) is 0 Å². The van der Waals surface area contributed by atoms with Crippen molar-refractivity contribution in [3.63, 3.8) is 0 Å². The molecule has 2 fully saturated rings. The first-order valence-corrected chi connectivity index (χ1v) is 8.41. The maximum Gasteiger partial charge on any atom is 0.123 e. The molecule has 3 heterocycles. The number of rotatable bonds is 4. The Morgan fingerprint density at radius 3 is 2.79 bits per heavy atom. The SMILES string of the molecule is Fc1ccc(Cn2cc(CN3CCO[C@]4(CCOC4)C3)cn2)cc1. The van der Waals surface area contributed by atoms with Gasteiger partial charge in [0, 0.05) is 44.4 Å². The molecule has 4 rings (SSSR count). The summed E-state index contributed by atoms with van der Waals surface area (Å²) < 4.78 is 26.4. The number of hydrogen-bond acceptors (Lipinski definition) is 4. The van der Waals surface area contributed by atoms with E-state index in [9.17, 15) is 4.39 Å². The van der Waals surface area contributed by atoms with Gasteiger partial charge in [-0.05, 0) is 17.7 Å². The molecule has 0 aliphatic carbocycles. The number of benzene rings is 1. The molecule has 24 heavy (non-hydrogen) atoms. The molecule has 2 aliphatic heterocycles. The van der Waals surface area contributed by atoms with Gasteiger partial charge < -0.3 is 9.47 Å². The summed E-state index contributed by atoms with van der Waals surface area (Å²) in [6.07, 6.45) is 4.96. The largest absolute Gasteiger partial charge is 0.378 e. The highest BCUT2D eigenvalue weighted by molar-refractivity contribution is 5.17. The third kappa shape index (κ3) is 3.50. The lowest BCUT2D eigenvalue weighted by Crippen LogP contribution is -2.51. The predicted molar refractivity (Wildman–Crippen MR) is 87.1 cm³/mol. The van der Waals surface area contributed by atoms with Crippen molar-refractivity contribution in [2.75, 3.05) is 32.9 Å². The summed E-state index contributed by atoms with van der Waals surface area (Å²) in [7, 11) is 0. The van der Waals surface area contributed by atoms with E-state index in [1.807, 2.05) is 10.9 Å². The average Bonchev–Trinajstić information content (AvgIpc) is 3.20. The lowest BCUT2D eigenvalue weighted by atomic mass is 10.0. The van der Waals surface area contributed by atoms with E-state index in [0.29, 0.717) is 13.2 Å². The van der Waals surface area contributed by atoms with Gasteiger partial charge in [0.2, 0.25) is 0 Å². The van der Waals surface area contributed by atoms with Gasteiger partial charge in [0.25, 0.3) is 0 Å². The van der Waals surface area contributed by atoms with E-state index in [-0.39, 0.29) is 11.4 Å². The highest BCUT2D eigenvalue weighted by Crippen LogP contribution is 2.28. The Morgan fingerprint density at radius 1 is 1.12 bits per heavy atom. The van der Waals surface area contributed by atoms with Crippen LogP contribution >= 0.6 is 0 Å². The molecule has 0 radical (unpaired) electrons. The van der Waals surface area contributed by atoms with Crippen LogP contribution in [-0.2, 0) is 22.6 Å². The number of hydrogen-bond donors (Lipinski definition) is 0. The van der Waals surface area contributed by atoms with Gasteiger partial charge in [0.1, 0.15) is 11.4 Å². The van der Waals surface area contributed by atoms with Crippen molar-refractivity contribution < 1.29 is 13.9 Å². The van der Waals surface area contributed by atoms with Gasteiger partial charge in [-0.25, -0.2) is 4.39 Å². The molecule has 0 amide bonds. The fraction of sp³-hybridized carbons (Fsp3) is 0.500. The summed E-state index contributed by atoms with van der Waals surface area (Å²) in [4.78, 5) is 2.41. The van der Waals surface area contributed by atoms with Crippen LogP contribution in [-0.4, -0.2) is 53.2 Å². The molecule has 0 unspecified atom stereocenters. The fourth-order valence-corrected chi connectivity index (χ4v) is 3.50. The molecule has 6 heteroatoms. The molecule has 0 N–H and O–H groups in total. The van der Waals surface area contributed by atoms with Crippen molar-refractivity contribution in [2.45, 2.75) is 25.1 Å². The highest BCUT2D eigenvalue weighted by Gasteiger charge is 2.40. The Hall–Kier alpha value is -1.76. The van der Waals surface area contributed by atoms with Gasteiger partial charge in [-0.15, -0.1) is 0 Å². The van der Waals surface area contributed by atoms with Crippen LogP contribution in [0.2, 0.25) is 0 Å². The Labute approximate surface area is 141 Å². The van der Waals surface area contributed by atoms with Crippen molar-refractivity contribution in [3.8, 4) is 0 Å². The summed E-state index contributed by atoms with van der Waals surface area (Å²) in [5.41, 5.74) is 2.12. The quantitative estimate of drug-likeness (QED) is 0.860. The van der Waals surface area contributed by atoms with E-state index >= 15 is 0 Å². The third-order valence-electron chi connectivity index (χ3n) is 4.75. The summed E-state index contributed by atoms with van der Waals surface area (Å²) in [6.45, 7) is 5.63. The minimum Gasteiger partial charge on any atom is -0.378 e. The Morgan fingerprint density at radius 2 is 2.00 bits per heavy atom. The van der Waals surface area contributed by atoms with Crippen LogP contribution < -0.4 is 0 Å². The Bertz CT molecular complexity index is 680. The summed E-state index contributed by atoms with van der Waals surface area (Å²) >= 11 is 0. The first-order chi connectivity index (χ1) is 11.7. The van der Waals surface area contributed by atoms with Gasteiger partial charge in [0.05, 0.1) is 26.0 Å². The minimum atomic E-state index is -0.211. The molecular weight excluding hydrogens is 309 g/mol. The molecule has 1 aromatic heterocycles. The van der Waals surface area contributed by atoms with Crippen LogP contribution in [0.5, 0.6) is 0 Å². The number of ether oxygens (including phenoxy) is 2. The summed E-state index contributed by atoms with van der Waals surface area (Å²) in [6, 6.07) is 6.55. The van der Waals surface area contributed by atoms with Crippen molar-refractivity contribution in [3.05, 3.63) is 53.6 Å². The number of morpholine rings is 1. The van der Waals surface area contributed by atoms with Crippen LogP contribution in [0, 0.1) is 5.82 Å². The van der Waals surface area contributed by atoms with Crippen LogP contribution in [0.3, 0.4) is 0 Å². The molecular formula is C18H22FN3O2. The van der Waals surface area contributed by atoms with Gasteiger partial charge in [-0.2, -0.15) is 5.10 Å².